The lowest BCUT2D eigenvalue weighted by atomic mass is 9.90. The smallest absolute Gasteiger partial charge is 0.307 e. The third kappa shape index (κ3) is 6.02. The van der Waals surface area contributed by atoms with Gasteiger partial charge >= 0.3 is 5.92 Å². The van der Waals surface area contributed by atoms with E-state index in [1.54, 1.807) is 6.26 Å². The number of halogens is 4. The molecule has 0 N–H and O–H groups in total. The molecule has 2 aromatic rings. The lowest BCUT2D eigenvalue weighted by molar-refractivity contribution is 0.00559. The molecule has 0 spiro atoms. The van der Waals surface area contributed by atoms with Crippen molar-refractivity contribution in [3.8, 4) is 5.75 Å². The Hall–Kier alpha value is -1.89. The summed E-state index contributed by atoms with van der Waals surface area (Å²) in [6, 6.07) is 2.68. The van der Waals surface area contributed by atoms with Crippen LogP contribution < -0.4 is 4.74 Å². The minimum atomic E-state index is -3.17. The van der Waals surface area contributed by atoms with Gasteiger partial charge in [0.25, 0.3) is 0 Å². The van der Waals surface area contributed by atoms with E-state index >= 15 is 0 Å². The highest BCUT2D eigenvalue weighted by Gasteiger charge is 2.32. The Bertz CT molecular complexity index is 948. The first kappa shape index (κ1) is 25.2. The molecular weight excluding hydrogens is 476 g/mol. The minimum absolute atomic E-state index is 0.0129. The molecule has 3 heterocycles. The predicted octanol–water partition coefficient (Wildman–Crippen LogP) is 3.98. The molecule has 1 atom stereocenters. The zero-order valence-corrected chi connectivity index (χ0v) is 19.9. The Morgan fingerprint density at radius 1 is 1.12 bits per heavy atom. The van der Waals surface area contributed by atoms with Gasteiger partial charge in [-0.25, -0.2) is 8.78 Å². The molecular formula is C22H28F4N4O3S. The van der Waals surface area contributed by atoms with Gasteiger partial charge < -0.3 is 13.8 Å². The topological polar surface area (TPSA) is 77.7 Å². The van der Waals surface area contributed by atoms with Crippen molar-refractivity contribution < 1.29 is 31.4 Å². The van der Waals surface area contributed by atoms with Crippen molar-refractivity contribution in [3.63, 3.8) is 0 Å². The van der Waals surface area contributed by atoms with Crippen LogP contribution in [-0.2, 0) is 23.8 Å². The zero-order chi connectivity index (χ0) is 24.5. The second kappa shape index (κ2) is 10.4. The van der Waals surface area contributed by atoms with Crippen molar-refractivity contribution in [2.24, 2.45) is 0 Å². The predicted molar refractivity (Wildman–Crippen MR) is 117 cm³/mol. The molecule has 0 radical (unpaired) electrons. The Balaban J connectivity index is 1.30. The highest BCUT2D eigenvalue weighted by molar-refractivity contribution is 7.88. The molecule has 7 nitrogen and oxygen atoms in total. The second-order valence-corrected chi connectivity index (χ2v) is 10.3. The molecule has 2 aliphatic rings. The third-order valence-corrected chi connectivity index (χ3v) is 7.44. The summed E-state index contributed by atoms with van der Waals surface area (Å²) in [5.41, 5.74) is 0.593. The summed E-state index contributed by atoms with van der Waals surface area (Å²) in [6.07, 6.45) is 3.66. The fourth-order valence-corrected chi connectivity index (χ4v) is 5.14. The highest BCUT2D eigenvalue weighted by atomic mass is 32.2. The zero-order valence-electron chi connectivity index (χ0n) is 19.1. The van der Waals surface area contributed by atoms with Crippen molar-refractivity contribution in [3.05, 3.63) is 41.0 Å². The largest absolute Gasteiger partial charge is 0.598 e. The average Bonchev–Trinajstić information content (AvgIpc) is 3.26. The van der Waals surface area contributed by atoms with Crippen LogP contribution in [0.2, 0.25) is 0 Å². The maximum Gasteiger partial charge on any atom is 0.307 e. The maximum absolute atomic E-state index is 14.8. The summed E-state index contributed by atoms with van der Waals surface area (Å²) >= 11 is -1.04. The van der Waals surface area contributed by atoms with E-state index in [1.807, 2.05) is 9.21 Å². The number of likely N-dealkylation sites (tertiary alicyclic amines) is 1. The Kier molecular flexibility index (Phi) is 7.70. The lowest BCUT2D eigenvalue weighted by Crippen LogP contribution is -2.38. The number of hydrogen-bond donors (Lipinski definition) is 0. The number of alkyl halides is 2. The average molecular weight is 505 g/mol. The molecule has 0 bridgehead atoms. The molecule has 34 heavy (non-hydrogen) atoms. The van der Waals surface area contributed by atoms with Gasteiger partial charge in [-0.15, -0.1) is 4.31 Å². The third-order valence-electron chi connectivity index (χ3n) is 6.35. The summed E-state index contributed by atoms with van der Waals surface area (Å²) in [5, 5.41) is 3.31. The summed E-state index contributed by atoms with van der Waals surface area (Å²) in [6.45, 7) is 3.23. The first-order valence-electron chi connectivity index (χ1n) is 11.3. The van der Waals surface area contributed by atoms with E-state index in [1.165, 1.54) is 12.1 Å². The van der Waals surface area contributed by atoms with Gasteiger partial charge in [-0.1, -0.05) is 5.16 Å². The highest BCUT2D eigenvalue weighted by Crippen LogP contribution is 2.34. The van der Waals surface area contributed by atoms with E-state index in [0.717, 1.165) is 0 Å². The quantitative estimate of drug-likeness (QED) is 0.417. The van der Waals surface area contributed by atoms with Gasteiger partial charge in [0.05, 0.1) is 6.54 Å². The maximum atomic E-state index is 14.8. The van der Waals surface area contributed by atoms with Gasteiger partial charge in [-0.2, -0.15) is 13.8 Å². The molecule has 2 fully saturated rings. The van der Waals surface area contributed by atoms with Crippen molar-refractivity contribution in [1.82, 2.24) is 19.3 Å². The Morgan fingerprint density at radius 2 is 1.74 bits per heavy atom. The van der Waals surface area contributed by atoms with Crippen LogP contribution in [0.3, 0.4) is 0 Å². The molecule has 0 amide bonds. The fourth-order valence-electron chi connectivity index (χ4n) is 4.41. The molecule has 0 aliphatic carbocycles. The van der Waals surface area contributed by atoms with Crippen molar-refractivity contribution in [2.75, 3.05) is 32.4 Å². The monoisotopic (exact) mass is 504 g/mol. The molecule has 1 aromatic heterocycles. The number of piperidine rings is 2. The summed E-state index contributed by atoms with van der Waals surface area (Å²) in [5.74, 6) is -5.53. The number of benzene rings is 1. The molecule has 12 heteroatoms. The van der Waals surface area contributed by atoms with E-state index in [-0.39, 0.29) is 30.2 Å². The molecule has 0 saturated carbocycles. The van der Waals surface area contributed by atoms with Gasteiger partial charge in [-0.3, -0.25) is 4.90 Å². The fraction of sp³-hybridized carbons (Fsp3) is 0.636. The van der Waals surface area contributed by atoms with E-state index < -0.39 is 34.7 Å². The molecule has 188 valence electrons. The molecule has 1 unspecified atom stereocenters. The van der Waals surface area contributed by atoms with Crippen LogP contribution in [0.15, 0.2) is 16.7 Å². The van der Waals surface area contributed by atoms with Gasteiger partial charge in [0, 0.05) is 44.5 Å². The van der Waals surface area contributed by atoms with Gasteiger partial charge in [0.2, 0.25) is 11.7 Å². The normalized spacial score (nSPS) is 20.6. The first-order valence-corrected chi connectivity index (χ1v) is 12.8. The van der Waals surface area contributed by atoms with Crippen LogP contribution in [-0.4, -0.2) is 62.4 Å². The van der Waals surface area contributed by atoms with E-state index in [4.69, 9.17) is 9.26 Å². The van der Waals surface area contributed by atoms with Crippen LogP contribution in [0, 0.1) is 11.6 Å². The minimum Gasteiger partial charge on any atom is -0.598 e. The van der Waals surface area contributed by atoms with Gasteiger partial charge in [-0.05, 0) is 49.3 Å². The summed E-state index contributed by atoms with van der Waals surface area (Å²) in [4.78, 5) is 5.67. The van der Waals surface area contributed by atoms with Crippen molar-refractivity contribution in [2.45, 2.75) is 57.1 Å². The van der Waals surface area contributed by atoms with E-state index in [0.29, 0.717) is 64.3 Å². The number of ether oxygens (including phenoxy) is 1. The number of nitrogens with zero attached hydrogens (tertiary/aromatic N) is 4. The first-order chi connectivity index (χ1) is 16.1. The molecule has 2 aliphatic heterocycles. The second-order valence-electron chi connectivity index (χ2n) is 8.93. The van der Waals surface area contributed by atoms with E-state index in [2.05, 4.69) is 10.1 Å². The summed E-state index contributed by atoms with van der Waals surface area (Å²) < 4.78 is 80.1. The standard InChI is InChI=1S/C22H28F4N4O3S/c1-22(25,26)21-27-19(33-28-21)13-29-7-5-16(6-8-29)32-20-17(23)11-15(12-18(20)24)14-3-9-30(10-4-14)34(2)31/h11-12,14,16H,3-10,13H2,1-2H3. The van der Waals surface area contributed by atoms with Gasteiger partial charge in [0.1, 0.15) is 12.4 Å². The van der Waals surface area contributed by atoms with Crippen molar-refractivity contribution in [1.29, 1.82) is 0 Å². The number of hydrogen-bond acceptors (Lipinski definition) is 7. The molecule has 2 saturated heterocycles. The molecule has 4 rings (SSSR count). The molecule has 1 aromatic carbocycles. The SMILES string of the molecule is C[S+]([O-])N1CCC(c2cc(F)c(OC3CCN(Cc4nc(C(C)(F)F)no4)CC3)c(F)c2)CC1. The Morgan fingerprint density at radius 3 is 2.26 bits per heavy atom. The summed E-state index contributed by atoms with van der Waals surface area (Å²) in [7, 11) is 0. The van der Waals surface area contributed by atoms with Crippen LogP contribution in [0.4, 0.5) is 17.6 Å². The van der Waals surface area contributed by atoms with Gasteiger partial charge in [0.15, 0.2) is 17.4 Å². The lowest BCUT2D eigenvalue weighted by Gasteiger charge is -2.32. The van der Waals surface area contributed by atoms with Crippen LogP contribution >= 0.6 is 0 Å². The van der Waals surface area contributed by atoms with Crippen LogP contribution in [0.1, 0.15) is 55.8 Å². The van der Waals surface area contributed by atoms with Crippen LogP contribution in [0.5, 0.6) is 5.75 Å². The van der Waals surface area contributed by atoms with Crippen LogP contribution in [0.25, 0.3) is 0 Å². The Labute approximate surface area is 198 Å². The number of rotatable bonds is 7. The number of aromatic nitrogens is 2. The van der Waals surface area contributed by atoms with Crippen molar-refractivity contribution >= 4 is 11.4 Å². The van der Waals surface area contributed by atoms with E-state index in [9.17, 15) is 22.1 Å².